The van der Waals surface area contributed by atoms with E-state index in [-0.39, 0.29) is 11.8 Å². The maximum absolute atomic E-state index is 11.5. The molecule has 0 aliphatic carbocycles. The van der Waals surface area contributed by atoms with Gasteiger partial charge in [0.25, 0.3) is 0 Å². The van der Waals surface area contributed by atoms with Gasteiger partial charge in [-0.1, -0.05) is 30.3 Å². The number of hydrogen-bond donors (Lipinski definition) is 2. The van der Waals surface area contributed by atoms with Crippen LogP contribution >= 0.6 is 0 Å². The summed E-state index contributed by atoms with van der Waals surface area (Å²) < 4.78 is 0. The Hall–Kier alpha value is -1.84. The molecule has 0 heterocycles. The van der Waals surface area contributed by atoms with E-state index in [0.29, 0.717) is 32.2 Å². The van der Waals surface area contributed by atoms with E-state index >= 15 is 0 Å². The number of hydrogen-bond acceptors (Lipinski definition) is 2. The highest BCUT2D eigenvalue weighted by atomic mass is 16.1. The van der Waals surface area contributed by atoms with Crippen LogP contribution in [0.2, 0.25) is 0 Å². The fourth-order valence-corrected chi connectivity index (χ4v) is 1.66. The number of carbonyl (C=O) groups is 2. The minimum atomic E-state index is -0.306. The second kappa shape index (κ2) is 8.28. The van der Waals surface area contributed by atoms with Crippen molar-refractivity contribution < 1.29 is 9.59 Å². The van der Waals surface area contributed by atoms with Crippen LogP contribution in [0.25, 0.3) is 0 Å². The Labute approximate surface area is 108 Å². The van der Waals surface area contributed by atoms with Crippen LogP contribution in [0.4, 0.5) is 0 Å². The maximum atomic E-state index is 11.5. The van der Waals surface area contributed by atoms with Gasteiger partial charge in [-0.2, -0.15) is 0 Å². The summed E-state index contributed by atoms with van der Waals surface area (Å²) >= 11 is 0. The van der Waals surface area contributed by atoms with Crippen LogP contribution in [0.5, 0.6) is 0 Å². The smallest absolute Gasteiger partial charge is 0.220 e. The van der Waals surface area contributed by atoms with E-state index < -0.39 is 0 Å². The zero-order valence-corrected chi connectivity index (χ0v) is 10.5. The highest BCUT2D eigenvalue weighted by Crippen LogP contribution is 2.00. The molecule has 2 amide bonds. The predicted molar refractivity (Wildman–Crippen MR) is 70.8 cm³/mol. The van der Waals surface area contributed by atoms with Gasteiger partial charge in [-0.3, -0.25) is 9.59 Å². The van der Waals surface area contributed by atoms with Crippen LogP contribution in [-0.2, 0) is 16.0 Å². The Balaban J connectivity index is 2.05. The number of carbonyl (C=O) groups excluding carboxylic acids is 2. The number of benzene rings is 1. The lowest BCUT2D eigenvalue weighted by Gasteiger charge is -2.05. The van der Waals surface area contributed by atoms with Crippen molar-refractivity contribution in [3.05, 3.63) is 35.9 Å². The van der Waals surface area contributed by atoms with E-state index in [1.54, 1.807) is 0 Å². The highest BCUT2D eigenvalue weighted by molar-refractivity contribution is 5.76. The lowest BCUT2D eigenvalue weighted by molar-refractivity contribution is -0.122. The fraction of sp³-hybridized carbons (Fsp3) is 0.429. The van der Waals surface area contributed by atoms with Crippen molar-refractivity contribution in [3.8, 4) is 0 Å². The second-order valence-electron chi connectivity index (χ2n) is 4.26. The van der Waals surface area contributed by atoms with Gasteiger partial charge in [0.05, 0.1) is 0 Å². The van der Waals surface area contributed by atoms with Gasteiger partial charge in [0, 0.05) is 19.4 Å². The Morgan fingerprint density at radius 3 is 2.39 bits per heavy atom. The van der Waals surface area contributed by atoms with Gasteiger partial charge >= 0.3 is 0 Å². The number of nitrogens with one attached hydrogen (secondary N) is 1. The average molecular weight is 248 g/mol. The molecule has 1 rings (SSSR count). The number of unbranched alkanes of at least 4 members (excludes halogenated alkanes) is 1. The Morgan fingerprint density at radius 2 is 1.72 bits per heavy atom. The average Bonchev–Trinajstić information content (AvgIpc) is 2.36. The first kappa shape index (κ1) is 14.2. The molecule has 1 aromatic carbocycles. The summed E-state index contributed by atoms with van der Waals surface area (Å²) in [7, 11) is 0. The lowest BCUT2D eigenvalue weighted by atomic mass is 10.1. The second-order valence-corrected chi connectivity index (χ2v) is 4.26. The van der Waals surface area contributed by atoms with Crippen LogP contribution in [-0.4, -0.2) is 18.4 Å². The molecule has 1 aromatic rings. The Bertz CT molecular complexity index is 377. The van der Waals surface area contributed by atoms with Crippen LogP contribution in [0.3, 0.4) is 0 Å². The molecule has 98 valence electrons. The monoisotopic (exact) mass is 248 g/mol. The molecule has 0 unspecified atom stereocenters. The largest absolute Gasteiger partial charge is 0.370 e. The van der Waals surface area contributed by atoms with E-state index in [0.717, 1.165) is 6.42 Å². The molecule has 0 spiro atoms. The van der Waals surface area contributed by atoms with Crippen molar-refractivity contribution in [2.24, 2.45) is 5.73 Å². The molecule has 0 atom stereocenters. The first-order valence-corrected chi connectivity index (χ1v) is 6.27. The van der Waals surface area contributed by atoms with E-state index in [1.807, 2.05) is 30.3 Å². The van der Waals surface area contributed by atoms with Crippen LogP contribution in [0.1, 0.15) is 31.2 Å². The van der Waals surface area contributed by atoms with Gasteiger partial charge in [0.15, 0.2) is 0 Å². The number of rotatable bonds is 8. The summed E-state index contributed by atoms with van der Waals surface area (Å²) in [4.78, 5) is 21.9. The van der Waals surface area contributed by atoms with E-state index in [4.69, 9.17) is 5.73 Å². The SMILES string of the molecule is NC(=O)CCCCC(=O)NCCc1ccccc1. The molecule has 4 nitrogen and oxygen atoms in total. The third kappa shape index (κ3) is 6.68. The molecule has 0 aliphatic rings. The predicted octanol–water partition coefficient (Wildman–Crippen LogP) is 1.39. The van der Waals surface area contributed by atoms with Crippen LogP contribution in [0.15, 0.2) is 30.3 Å². The van der Waals surface area contributed by atoms with Crippen molar-refractivity contribution in [2.45, 2.75) is 32.1 Å². The molecule has 18 heavy (non-hydrogen) atoms. The molecule has 0 radical (unpaired) electrons. The molecule has 0 saturated heterocycles. The van der Waals surface area contributed by atoms with Crippen LogP contribution < -0.4 is 11.1 Å². The quantitative estimate of drug-likeness (QED) is 0.682. The van der Waals surface area contributed by atoms with Crippen LogP contribution in [0, 0.1) is 0 Å². The first-order chi connectivity index (χ1) is 8.68. The van der Waals surface area contributed by atoms with E-state index in [1.165, 1.54) is 5.56 Å². The van der Waals surface area contributed by atoms with Crippen molar-refractivity contribution in [2.75, 3.05) is 6.54 Å². The molecule has 0 fully saturated rings. The number of amides is 2. The molecular weight excluding hydrogens is 228 g/mol. The Kier molecular flexibility index (Phi) is 6.54. The first-order valence-electron chi connectivity index (χ1n) is 6.27. The van der Waals surface area contributed by atoms with Gasteiger partial charge < -0.3 is 11.1 Å². The van der Waals surface area contributed by atoms with Gasteiger partial charge in [0.1, 0.15) is 0 Å². The minimum absolute atomic E-state index is 0.0374. The molecule has 0 saturated carbocycles. The van der Waals surface area contributed by atoms with Crippen molar-refractivity contribution >= 4 is 11.8 Å². The van der Waals surface area contributed by atoms with Crippen molar-refractivity contribution in [3.63, 3.8) is 0 Å². The Morgan fingerprint density at radius 1 is 1.06 bits per heavy atom. The fourth-order valence-electron chi connectivity index (χ4n) is 1.66. The molecule has 0 aromatic heterocycles. The molecule has 4 heteroatoms. The standard InChI is InChI=1S/C14H20N2O2/c15-13(17)8-4-5-9-14(18)16-11-10-12-6-2-1-3-7-12/h1-3,6-7H,4-5,8-11H2,(H2,15,17)(H,16,18). The lowest BCUT2D eigenvalue weighted by Crippen LogP contribution is -2.25. The zero-order valence-electron chi connectivity index (χ0n) is 10.5. The molecular formula is C14H20N2O2. The minimum Gasteiger partial charge on any atom is -0.370 e. The van der Waals surface area contributed by atoms with Crippen molar-refractivity contribution in [1.29, 1.82) is 0 Å². The third-order valence-corrected chi connectivity index (χ3v) is 2.66. The normalized spacial score (nSPS) is 10.0. The summed E-state index contributed by atoms with van der Waals surface area (Å²) in [6, 6.07) is 10.0. The van der Waals surface area contributed by atoms with Gasteiger partial charge in [-0.05, 0) is 24.8 Å². The maximum Gasteiger partial charge on any atom is 0.220 e. The summed E-state index contributed by atoms with van der Waals surface area (Å²) in [5, 5.41) is 2.86. The summed E-state index contributed by atoms with van der Waals surface area (Å²) in [5.74, 6) is -0.269. The van der Waals surface area contributed by atoms with Gasteiger partial charge in [-0.25, -0.2) is 0 Å². The zero-order chi connectivity index (χ0) is 13.2. The van der Waals surface area contributed by atoms with Gasteiger partial charge in [0.2, 0.25) is 11.8 Å². The topological polar surface area (TPSA) is 72.2 Å². The van der Waals surface area contributed by atoms with E-state index in [9.17, 15) is 9.59 Å². The van der Waals surface area contributed by atoms with Crippen molar-refractivity contribution in [1.82, 2.24) is 5.32 Å². The third-order valence-electron chi connectivity index (χ3n) is 2.66. The van der Waals surface area contributed by atoms with E-state index in [2.05, 4.69) is 5.32 Å². The molecule has 0 bridgehead atoms. The summed E-state index contributed by atoms with van der Waals surface area (Å²) in [6.45, 7) is 0.651. The van der Waals surface area contributed by atoms with Gasteiger partial charge in [-0.15, -0.1) is 0 Å². The number of nitrogens with two attached hydrogens (primary N) is 1. The molecule has 0 aliphatic heterocycles. The molecule has 3 N–H and O–H groups in total. The summed E-state index contributed by atoms with van der Waals surface area (Å²) in [5.41, 5.74) is 6.23. The highest BCUT2D eigenvalue weighted by Gasteiger charge is 2.01. The summed E-state index contributed by atoms with van der Waals surface area (Å²) in [6.07, 6.45) is 3.05. The number of primary amides is 1.